The molecule has 0 radical (unpaired) electrons. The van der Waals surface area contributed by atoms with E-state index in [1.165, 1.54) is 70.0 Å². The molecule has 10 nitrogen and oxygen atoms in total. The Morgan fingerprint density at radius 1 is 0.971 bits per heavy atom. The molecule has 0 aliphatic carbocycles. The van der Waals surface area contributed by atoms with Gasteiger partial charge in [0.25, 0.3) is 15.9 Å². The second-order valence-corrected chi connectivity index (χ2v) is 8.98. The van der Waals surface area contributed by atoms with E-state index >= 15 is 0 Å². The summed E-state index contributed by atoms with van der Waals surface area (Å²) in [6.07, 6.45) is 1.33. The number of amides is 1. The number of hydrogen-bond acceptors (Lipinski definition) is 8. The van der Waals surface area contributed by atoms with Crippen molar-refractivity contribution >= 4 is 27.8 Å². The summed E-state index contributed by atoms with van der Waals surface area (Å²) in [5.74, 6) is 0.482. The van der Waals surface area contributed by atoms with E-state index in [0.717, 1.165) is 4.31 Å². The molecule has 0 unspecified atom stereocenters. The predicted molar refractivity (Wildman–Crippen MR) is 131 cm³/mol. The van der Waals surface area contributed by atoms with Gasteiger partial charge in [-0.1, -0.05) is 12.1 Å². The van der Waals surface area contributed by atoms with Crippen LogP contribution in [0.25, 0.3) is 0 Å². The van der Waals surface area contributed by atoms with E-state index < -0.39 is 22.5 Å². The van der Waals surface area contributed by atoms with E-state index in [4.69, 9.17) is 14.2 Å². The van der Waals surface area contributed by atoms with Crippen LogP contribution in [0.2, 0.25) is 0 Å². The number of hydrazone groups is 1. The molecule has 0 aliphatic rings. The number of anilines is 1. The lowest BCUT2D eigenvalue weighted by molar-refractivity contribution is -0.119. The van der Waals surface area contributed by atoms with E-state index in [1.54, 1.807) is 24.3 Å². The molecule has 0 heterocycles. The van der Waals surface area contributed by atoms with E-state index in [9.17, 15) is 18.3 Å². The van der Waals surface area contributed by atoms with Gasteiger partial charge < -0.3 is 19.3 Å². The zero-order valence-corrected chi connectivity index (χ0v) is 20.2. The first-order chi connectivity index (χ1) is 16.8. The number of phenols is 1. The minimum atomic E-state index is -4.20. The summed E-state index contributed by atoms with van der Waals surface area (Å²) in [6, 6.07) is 16.7. The lowest BCUT2D eigenvalue weighted by atomic mass is 10.2. The van der Waals surface area contributed by atoms with Crippen molar-refractivity contribution in [2.75, 3.05) is 32.2 Å². The van der Waals surface area contributed by atoms with Crippen LogP contribution in [-0.2, 0) is 14.8 Å². The summed E-state index contributed by atoms with van der Waals surface area (Å²) in [5, 5.41) is 13.4. The van der Waals surface area contributed by atoms with Crippen LogP contribution in [0.15, 0.2) is 76.7 Å². The minimum absolute atomic E-state index is 0.0481. The Hall–Kier alpha value is -4.25. The van der Waals surface area contributed by atoms with Crippen LogP contribution in [0, 0.1) is 0 Å². The third kappa shape index (κ3) is 6.21. The average molecular weight is 500 g/mol. The maximum Gasteiger partial charge on any atom is 0.264 e. The van der Waals surface area contributed by atoms with Crippen LogP contribution >= 0.6 is 0 Å². The number of benzene rings is 3. The second-order valence-electron chi connectivity index (χ2n) is 7.11. The molecule has 0 aromatic heterocycles. The van der Waals surface area contributed by atoms with Crippen LogP contribution in [0.5, 0.6) is 23.0 Å². The lowest BCUT2D eigenvalue weighted by Crippen LogP contribution is -2.39. The fourth-order valence-electron chi connectivity index (χ4n) is 3.12. The summed E-state index contributed by atoms with van der Waals surface area (Å²) in [6.45, 7) is -0.555. The molecular weight excluding hydrogens is 474 g/mol. The van der Waals surface area contributed by atoms with Crippen molar-refractivity contribution in [2.45, 2.75) is 4.90 Å². The van der Waals surface area contributed by atoms with Crippen LogP contribution in [-0.4, -0.2) is 53.5 Å². The molecular formula is C24H25N3O7S. The van der Waals surface area contributed by atoms with Crippen LogP contribution < -0.4 is 23.9 Å². The van der Waals surface area contributed by atoms with Crippen molar-refractivity contribution in [3.8, 4) is 23.0 Å². The number of hydrogen-bond donors (Lipinski definition) is 2. The molecule has 1 amide bonds. The summed E-state index contributed by atoms with van der Waals surface area (Å²) < 4.78 is 43.7. The third-order valence-corrected chi connectivity index (χ3v) is 6.63. The molecule has 0 saturated carbocycles. The van der Waals surface area contributed by atoms with Gasteiger partial charge >= 0.3 is 0 Å². The number of nitrogens with zero attached hydrogens (tertiary/aromatic N) is 2. The molecule has 0 saturated heterocycles. The molecule has 3 rings (SSSR count). The Labute approximate surface area is 203 Å². The highest BCUT2D eigenvalue weighted by Crippen LogP contribution is 2.32. The van der Waals surface area contributed by atoms with Gasteiger partial charge in [-0.25, -0.2) is 13.8 Å². The Bertz CT molecular complexity index is 1310. The summed E-state index contributed by atoms with van der Waals surface area (Å²) >= 11 is 0. The molecule has 184 valence electrons. The first-order valence-electron chi connectivity index (χ1n) is 10.3. The molecule has 2 N–H and O–H groups in total. The van der Waals surface area contributed by atoms with Gasteiger partial charge in [0.2, 0.25) is 0 Å². The molecule has 0 spiro atoms. The largest absolute Gasteiger partial charge is 0.508 e. The van der Waals surface area contributed by atoms with Crippen molar-refractivity contribution in [2.24, 2.45) is 5.10 Å². The second kappa shape index (κ2) is 11.3. The Kier molecular flexibility index (Phi) is 8.16. The molecule has 35 heavy (non-hydrogen) atoms. The standard InChI is InChI=1S/C24H25N3O7S/c1-32-20-9-7-18(8-10-20)27(16-24(29)26-25-15-17-5-4-6-19(28)13-17)35(30,31)21-11-12-22(33-2)23(14-21)34-3/h4-15,28H,16H2,1-3H3,(H,26,29)/b25-15-. The van der Waals surface area contributed by atoms with Crippen LogP contribution in [0.1, 0.15) is 5.56 Å². The molecule has 0 aliphatic heterocycles. The number of phenolic OH excluding ortho intramolecular Hbond substituents is 1. The number of carbonyl (C=O) groups is 1. The van der Waals surface area contributed by atoms with Crippen molar-refractivity contribution in [3.05, 3.63) is 72.3 Å². The maximum absolute atomic E-state index is 13.6. The Morgan fingerprint density at radius 2 is 1.69 bits per heavy atom. The van der Waals surface area contributed by atoms with Gasteiger partial charge in [0.1, 0.15) is 18.0 Å². The Balaban J connectivity index is 1.90. The lowest BCUT2D eigenvalue weighted by Gasteiger charge is -2.24. The maximum atomic E-state index is 13.6. The smallest absolute Gasteiger partial charge is 0.264 e. The zero-order chi connectivity index (χ0) is 25.4. The van der Waals surface area contributed by atoms with Crippen molar-refractivity contribution < 1.29 is 32.5 Å². The van der Waals surface area contributed by atoms with Gasteiger partial charge in [0.05, 0.1) is 38.1 Å². The molecule has 0 fully saturated rings. The van der Waals surface area contributed by atoms with E-state index in [-0.39, 0.29) is 22.1 Å². The van der Waals surface area contributed by atoms with E-state index in [1.807, 2.05) is 0 Å². The number of rotatable bonds is 10. The highest BCUT2D eigenvalue weighted by atomic mass is 32.2. The quantitative estimate of drug-likeness (QED) is 0.324. The van der Waals surface area contributed by atoms with Gasteiger partial charge in [-0.2, -0.15) is 5.10 Å². The fourth-order valence-corrected chi connectivity index (χ4v) is 4.55. The molecule has 0 bridgehead atoms. The van der Waals surface area contributed by atoms with Crippen LogP contribution in [0.3, 0.4) is 0 Å². The number of ether oxygens (including phenoxy) is 3. The number of aromatic hydroxyl groups is 1. The predicted octanol–water partition coefficient (Wildman–Crippen LogP) is 2.76. The highest BCUT2D eigenvalue weighted by Gasteiger charge is 2.28. The van der Waals surface area contributed by atoms with E-state index in [2.05, 4.69) is 10.5 Å². The van der Waals surface area contributed by atoms with E-state index in [0.29, 0.717) is 17.1 Å². The first-order valence-corrected chi connectivity index (χ1v) is 11.7. The van der Waals surface area contributed by atoms with Gasteiger partial charge in [-0.05, 0) is 54.1 Å². The van der Waals surface area contributed by atoms with Crippen molar-refractivity contribution in [1.82, 2.24) is 5.43 Å². The highest BCUT2D eigenvalue weighted by molar-refractivity contribution is 7.92. The first kappa shape index (κ1) is 25.4. The normalized spacial score (nSPS) is 11.2. The topological polar surface area (TPSA) is 127 Å². The monoisotopic (exact) mass is 499 g/mol. The molecule has 3 aromatic rings. The fraction of sp³-hybridized carbons (Fsp3) is 0.167. The van der Waals surface area contributed by atoms with Gasteiger partial charge in [-0.3, -0.25) is 9.10 Å². The average Bonchev–Trinajstić information content (AvgIpc) is 2.87. The van der Waals surface area contributed by atoms with Gasteiger partial charge in [-0.15, -0.1) is 0 Å². The SMILES string of the molecule is COc1ccc(N(CC(=O)N/N=C\c2cccc(O)c2)S(=O)(=O)c2ccc(OC)c(OC)c2)cc1. The number of methoxy groups -OCH3 is 3. The number of nitrogens with one attached hydrogen (secondary N) is 1. The molecule has 11 heteroatoms. The molecule has 3 aromatic carbocycles. The summed E-state index contributed by atoms with van der Waals surface area (Å²) in [7, 11) is 0.131. The third-order valence-electron chi connectivity index (χ3n) is 4.86. The van der Waals surface area contributed by atoms with Gasteiger partial charge in [0, 0.05) is 6.07 Å². The summed E-state index contributed by atoms with van der Waals surface area (Å²) in [4.78, 5) is 12.6. The zero-order valence-electron chi connectivity index (χ0n) is 19.3. The number of carbonyl (C=O) groups excluding carboxylic acids is 1. The Morgan fingerprint density at radius 3 is 2.31 bits per heavy atom. The summed E-state index contributed by atoms with van der Waals surface area (Å²) in [5.41, 5.74) is 3.11. The van der Waals surface area contributed by atoms with Gasteiger partial charge in [0.15, 0.2) is 11.5 Å². The number of sulfonamides is 1. The minimum Gasteiger partial charge on any atom is -0.508 e. The molecule has 0 atom stereocenters. The van der Waals surface area contributed by atoms with Crippen molar-refractivity contribution in [1.29, 1.82) is 0 Å². The van der Waals surface area contributed by atoms with Crippen LogP contribution in [0.4, 0.5) is 5.69 Å². The van der Waals surface area contributed by atoms with Crippen molar-refractivity contribution in [3.63, 3.8) is 0 Å².